The molecule has 0 aliphatic carbocycles. The predicted molar refractivity (Wildman–Crippen MR) is 121 cm³/mol. The lowest BCUT2D eigenvalue weighted by molar-refractivity contribution is 0.306. The molecular formula is C26H22O5. The largest absolute Gasteiger partial charge is 0.490 e. The Balaban J connectivity index is 1.54. The van der Waals surface area contributed by atoms with Crippen LogP contribution in [0.3, 0.4) is 0 Å². The van der Waals surface area contributed by atoms with Gasteiger partial charge in [-0.25, -0.2) is 0 Å². The van der Waals surface area contributed by atoms with E-state index in [1.807, 2.05) is 43.3 Å². The van der Waals surface area contributed by atoms with Gasteiger partial charge in [0.1, 0.15) is 24.2 Å². The first-order valence-corrected chi connectivity index (χ1v) is 9.97. The summed E-state index contributed by atoms with van der Waals surface area (Å²) >= 11 is 0. The number of hydrogen-bond acceptors (Lipinski definition) is 5. The molecule has 5 heteroatoms. The molecule has 0 aliphatic heterocycles. The van der Waals surface area contributed by atoms with E-state index in [-0.39, 0.29) is 11.2 Å². The minimum absolute atomic E-state index is 0.0932. The molecule has 31 heavy (non-hydrogen) atoms. The summed E-state index contributed by atoms with van der Waals surface area (Å²) < 4.78 is 22.8. The van der Waals surface area contributed by atoms with Crippen LogP contribution >= 0.6 is 0 Å². The minimum atomic E-state index is -0.265. The second kappa shape index (κ2) is 9.22. The lowest BCUT2D eigenvalue weighted by Crippen LogP contribution is -2.06. The van der Waals surface area contributed by atoms with Gasteiger partial charge in [-0.1, -0.05) is 49.1 Å². The number of para-hydroxylation sites is 2. The van der Waals surface area contributed by atoms with Crippen LogP contribution in [0, 0.1) is 0 Å². The maximum atomic E-state index is 12.9. The third-order valence-corrected chi connectivity index (χ3v) is 4.70. The third-order valence-electron chi connectivity index (χ3n) is 4.70. The Morgan fingerprint density at radius 3 is 2.45 bits per heavy atom. The number of ether oxygens (including phenoxy) is 3. The second-order valence-corrected chi connectivity index (χ2v) is 6.80. The summed E-state index contributed by atoms with van der Waals surface area (Å²) in [6.07, 6.45) is 3.11. The fourth-order valence-electron chi connectivity index (χ4n) is 3.10. The van der Waals surface area contributed by atoms with Crippen LogP contribution in [0.1, 0.15) is 18.1 Å². The molecule has 0 atom stereocenters. The first-order chi connectivity index (χ1) is 15.2. The van der Waals surface area contributed by atoms with Crippen molar-refractivity contribution in [3.63, 3.8) is 0 Å². The number of hydrogen-bond donors (Lipinski definition) is 0. The predicted octanol–water partition coefficient (Wildman–Crippen LogP) is 6.21. The summed E-state index contributed by atoms with van der Waals surface area (Å²) in [6.45, 7) is 6.54. The topological polar surface area (TPSA) is 57.9 Å². The van der Waals surface area contributed by atoms with Gasteiger partial charge in [0.05, 0.1) is 12.0 Å². The Bertz CT molecular complexity index is 1260. The Hall–Kier alpha value is -3.99. The van der Waals surface area contributed by atoms with Gasteiger partial charge in [-0.15, -0.1) is 0 Å². The van der Waals surface area contributed by atoms with E-state index in [2.05, 4.69) is 6.58 Å². The fourth-order valence-corrected chi connectivity index (χ4v) is 3.10. The van der Waals surface area contributed by atoms with E-state index in [9.17, 15) is 4.79 Å². The Kier molecular flexibility index (Phi) is 6.03. The van der Waals surface area contributed by atoms with Crippen LogP contribution in [0.2, 0.25) is 0 Å². The Labute approximate surface area is 180 Å². The average molecular weight is 414 g/mol. The van der Waals surface area contributed by atoms with E-state index >= 15 is 0 Å². The van der Waals surface area contributed by atoms with Crippen LogP contribution in [0.5, 0.6) is 23.0 Å². The first kappa shape index (κ1) is 20.3. The number of fused-ring (bicyclic) bond motifs is 1. The molecule has 0 unspecified atom stereocenters. The number of rotatable bonds is 8. The van der Waals surface area contributed by atoms with Crippen molar-refractivity contribution < 1.29 is 18.6 Å². The quantitative estimate of drug-likeness (QED) is 0.343. The second-order valence-electron chi connectivity index (χ2n) is 6.80. The van der Waals surface area contributed by atoms with E-state index < -0.39 is 0 Å². The van der Waals surface area contributed by atoms with Crippen LogP contribution in [0.15, 0.2) is 88.8 Å². The molecule has 0 saturated heterocycles. The van der Waals surface area contributed by atoms with Gasteiger partial charge in [-0.05, 0) is 42.3 Å². The minimum Gasteiger partial charge on any atom is -0.490 e. The monoisotopic (exact) mass is 414 g/mol. The molecule has 0 aliphatic rings. The lowest BCUT2D eigenvalue weighted by atomic mass is 10.1. The van der Waals surface area contributed by atoms with Gasteiger partial charge >= 0.3 is 0 Å². The molecule has 0 radical (unpaired) electrons. The number of benzene rings is 3. The highest BCUT2D eigenvalue weighted by atomic mass is 16.5. The van der Waals surface area contributed by atoms with Crippen LogP contribution in [0.25, 0.3) is 17.0 Å². The summed E-state index contributed by atoms with van der Waals surface area (Å²) in [5.74, 6) is 1.72. The normalized spacial score (nSPS) is 10.6. The Morgan fingerprint density at radius 2 is 1.71 bits per heavy atom. The summed E-state index contributed by atoms with van der Waals surface area (Å²) in [4.78, 5) is 12.9. The molecule has 0 saturated carbocycles. The molecular weight excluding hydrogens is 392 g/mol. The van der Waals surface area contributed by atoms with Gasteiger partial charge in [0.2, 0.25) is 11.2 Å². The van der Waals surface area contributed by atoms with Crippen molar-refractivity contribution >= 4 is 17.0 Å². The summed E-state index contributed by atoms with van der Waals surface area (Å²) in [5.41, 5.74) is 2.25. The van der Waals surface area contributed by atoms with Crippen LogP contribution < -0.4 is 19.6 Å². The Morgan fingerprint density at radius 1 is 0.935 bits per heavy atom. The molecule has 3 aromatic carbocycles. The smallest absolute Gasteiger partial charge is 0.235 e. The van der Waals surface area contributed by atoms with E-state index in [4.69, 9.17) is 18.6 Å². The van der Waals surface area contributed by atoms with Gasteiger partial charge in [-0.3, -0.25) is 4.79 Å². The maximum absolute atomic E-state index is 12.9. The first-order valence-electron chi connectivity index (χ1n) is 9.97. The van der Waals surface area contributed by atoms with Crippen LogP contribution in [-0.4, -0.2) is 6.61 Å². The molecule has 156 valence electrons. The fraction of sp³-hybridized carbons (Fsp3) is 0.115. The van der Waals surface area contributed by atoms with Gasteiger partial charge < -0.3 is 18.6 Å². The molecule has 1 aromatic heterocycles. The van der Waals surface area contributed by atoms with Gasteiger partial charge in [0.25, 0.3) is 0 Å². The van der Waals surface area contributed by atoms with Gasteiger partial charge in [-0.2, -0.15) is 0 Å². The van der Waals surface area contributed by atoms with Gasteiger partial charge in [0, 0.05) is 6.07 Å². The van der Waals surface area contributed by atoms with Crippen LogP contribution in [0.4, 0.5) is 0 Å². The molecule has 0 amide bonds. The average Bonchev–Trinajstić information content (AvgIpc) is 2.81. The third kappa shape index (κ3) is 4.61. The maximum Gasteiger partial charge on any atom is 0.235 e. The van der Waals surface area contributed by atoms with Crippen molar-refractivity contribution in [1.29, 1.82) is 0 Å². The molecule has 1 heterocycles. The molecule has 0 bridgehead atoms. The van der Waals surface area contributed by atoms with Crippen molar-refractivity contribution in [2.24, 2.45) is 0 Å². The van der Waals surface area contributed by atoms with E-state index in [1.54, 1.807) is 36.4 Å². The van der Waals surface area contributed by atoms with Crippen molar-refractivity contribution in [1.82, 2.24) is 0 Å². The van der Waals surface area contributed by atoms with E-state index in [0.717, 1.165) is 11.1 Å². The van der Waals surface area contributed by atoms with E-state index in [0.29, 0.717) is 41.4 Å². The van der Waals surface area contributed by atoms with Crippen molar-refractivity contribution in [2.75, 3.05) is 6.61 Å². The molecule has 0 fully saturated rings. The summed E-state index contributed by atoms with van der Waals surface area (Å²) in [6, 6.07) is 20.3. The molecule has 4 rings (SSSR count). The lowest BCUT2D eigenvalue weighted by Gasteiger charge is -2.11. The highest BCUT2D eigenvalue weighted by Crippen LogP contribution is 2.31. The highest BCUT2D eigenvalue weighted by Gasteiger charge is 2.12. The van der Waals surface area contributed by atoms with Gasteiger partial charge in [0.15, 0.2) is 11.5 Å². The highest BCUT2D eigenvalue weighted by molar-refractivity contribution is 5.79. The SMILES string of the molecule is C=Cc1ccc(COc2ccc3c(=O)c(Oc4ccccc4OCC)coc3c2)cc1. The molecule has 5 nitrogen and oxygen atoms in total. The van der Waals surface area contributed by atoms with E-state index in [1.165, 1.54) is 6.26 Å². The standard InChI is InChI=1S/C26H22O5/c1-3-18-9-11-19(12-10-18)16-29-20-13-14-21-24(15-20)30-17-25(26(21)27)31-23-8-6-5-7-22(23)28-4-2/h3,5-15,17H,1,4,16H2,2H3. The zero-order chi connectivity index (χ0) is 21.6. The zero-order valence-electron chi connectivity index (χ0n) is 17.2. The molecule has 0 spiro atoms. The summed E-state index contributed by atoms with van der Waals surface area (Å²) in [7, 11) is 0. The molecule has 0 N–H and O–H groups in total. The van der Waals surface area contributed by atoms with Crippen LogP contribution in [-0.2, 0) is 6.61 Å². The van der Waals surface area contributed by atoms with Crippen molar-refractivity contribution in [2.45, 2.75) is 13.5 Å². The zero-order valence-corrected chi connectivity index (χ0v) is 17.2. The summed E-state index contributed by atoms with van der Waals surface area (Å²) in [5, 5.41) is 0.411. The molecule has 4 aromatic rings. The van der Waals surface area contributed by atoms with Crippen molar-refractivity contribution in [3.05, 3.63) is 101 Å². The van der Waals surface area contributed by atoms with Crippen molar-refractivity contribution in [3.8, 4) is 23.0 Å².